The highest BCUT2D eigenvalue weighted by Gasteiger charge is 2.64. The Morgan fingerprint density at radius 1 is 1.36 bits per heavy atom. The lowest BCUT2D eigenvalue weighted by Gasteiger charge is -2.34. The van der Waals surface area contributed by atoms with Crippen molar-refractivity contribution in [1.29, 1.82) is 0 Å². The van der Waals surface area contributed by atoms with Gasteiger partial charge in [0, 0.05) is 5.41 Å². The Morgan fingerprint density at radius 2 is 2.00 bits per heavy atom. The largest absolute Gasteiger partial charge is 0.392 e. The topological polar surface area (TPSA) is 32.8 Å². The third-order valence-electron chi connectivity index (χ3n) is 3.33. The standard InChI is InChI=1S/C9H16O2/c1-8(2)6(10)4-5-9(3)7(8)11-9/h6-7,10H,4-5H2,1-3H3/t6-,7-,9?/m0/s1. The summed E-state index contributed by atoms with van der Waals surface area (Å²) in [6.07, 6.45) is 2.02. The van der Waals surface area contributed by atoms with Crippen LogP contribution in [0.1, 0.15) is 33.6 Å². The molecule has 1 saturated carbocycles. The normalized spacial score (nSPS) is 53.5. The Balaban J connectivity index is 2.20. The third-order valence-corrected chi connectivity index (χ3v) is 3.33. The second kappa shape index (κ2) is 1.80. The van der Waals surface area contributed by atoms with Crippen molar-refractivity contribution >= 4 is 0 Å². The number of fused-ring (bicyclic) bond motifs is 1. The maximum atomic E-state index is 9.67. The molecule has 1 N–H and O–H groups in total. The highest BCUT2D eigenvalue weighted by molar-refractivity contribution is 5.12. The molecule has 0 aromatic rings. The summed E-state index contributed by atoms with van der Waals surface area (Å²) < 4.78 is 5.59. The summed E-state index contributed by atoms with van der Waals surface area (Å²) in [5, 5.41) is 9.67. The van der Waals surface area contributed by atoms with Gasteiger partial charge in [0.1, 0.15) is 0 Å². The van der Waals surface area contributed by atoms with Crippen LogP contribution in [0.4, 0.5) is 0 Å². The van der Waals surface area contributed by atoms with Crippen molar-refractivity contribution in [2.45, 2.75) is 51.4 Å². The number of aliphatic hydroxyl groups is 1. The lowest BCUT2D eigenvalue weighted by molar-refractivity contribution is 0.0144. The first-order valence-electron chi connectivity index (χ1n) is 4.33. The highest BCUT2D eigenvalue weighted by Crippen LogP contribution is 2.55. The van der Waals surface area contributed by atoms with Crippen molar-refractivity contribution < 1.29 is 9.84 Å². The smallest absolute Gasteiger partial charge is 0.0946 e. The number of rotatable bonds is 0. The fourth-order valence-electron chi connectivity index (χ4n) is 2.33. The van der Waals surface area contributed by atoms with Gasteiger partial charge in [-0.3, -0.25) is 0 Å². The molecule has 2 rings (SSSR count). The van der Waals surface area contributed by atoms with E-state index in [0.29, 0.717) is 6.10 Å². The molecule has 1 aliphatic heterocycles. The lowest BCUT2D eigenvalue weighted by Crippen LogP contribution is -2.42. The van der Waals surface area contributed by atoms with Crippen LogP contribution in [0.3, 0.4) is 0 Å². The molecule has 0 bridgehead atoms. The minimum atomic E-state index is -0.178. The maximum Gasteiger partial charge on any atom is 0.0946 e. The SMILES string of the molecule is CC12CC[C@H](O)C(C)(C)[C@@H]1O2. The van der Waals surface area contributed by atoms with Crippen LogP contribution in [0.15, 0.2) is 0 Å². The molecule has 2 fully saturated rings. The van der Waals surface area contributed by atoms with Crippen molar-refractivity contribution in [2.24, 2.45) is 5.41 Å². The number of hydrogen-bond donors (Lipinski definition) is 1. The molecule has 0 spiro atoms. The van der Waals surface area contributed by atoms with Gasteiger partial charge in [0.25, 0.3) is 0 Å². The predicted molar refractivity (Wildman–Crippen MR) is 42.3 cm³/mol. The van der Waals surface area contributed by atoms with Crippen LogP contribution in [0.25, 0.3) is 0 Å². The van der Waals surface area contributed by atoms with Gasteiger partial charge in [-0.15, -0.1) is 0 Å². The van der Waals surface area contributed by atoms with Gasteiger partial charge in [-0.2, -0.15) is 0 Å². The molecular formula is C9H16O2. The summed E-state index contributed by atoms with van der Waals surface area (Å²) in [5.41, 5.74) is 0.0652. The van der Waals surface area contributed by atoms with Gasteiger partial charge in [-0.25, -0.2) is 0 Å². The number of aliphatic hydroxyl groups excluding tert-OH is 1. The highest BCUT2D eigenvalue weighted by atomic mass is 16.6. The van der Waals surface area contributed by atoms with E-state index in [4.69, 9.17) is 4.74 Å². The number of epoxide rings is 1. The molecule has 64 valence electrons. The van der Waals surface area contributed by atoms with Crippen LogP contribution in [-0.4, -0.2) is 22.9 Å². The maximum absolute atomic E-state index is 9.67. The average Bonchev–Trinajstić information content (AvgIpc) is 2.57. The summed E-state index contributed by atoms with van der Waals surface area (Å²) in [4.78, 5) is 0. The van der Waals surface area contributed by atoms with Gasteiger partial charge in [0.15, 0.2) is 0 Å². The lowest BCUT2D eigenvalue weighted by atomic mass is 9.71. The Morgan fingerprint density at radius 3 is 2.55 bits per heavy atom. The van der Waals surface area contributed by atoms with Crippen LogP contribution >= 0.6 is 0 Å². The molecule has 0 amide bonds. The zero-order chi connectivity index (χ0) is 8.28. The molecule has 3 atom stereocenters. The van der Waals surface area contributed by atoms with E-state index in [1.165, 1.54) is 0 Å². The second-order valence-corrected chi connectivity index (χ2v) is 4.69. The van der Waals surface area contributed by atoms with Gasteiger partial charge in [-0.05, 0) is 19.8 Å². The van der Waals surface area contributed by atoms with E-state index >= 15 is 0 Å². The van der Waals surface area contributed by atoms with E-state index in [2.05, 4.69) is 20.8 Å². The van der Waals surface area contributed by atoms with E-state index in [9.17, 15) is 5.11 Å². The molecule has 11 heavy (non-hydrogen) atoms. The van der Waals surface area contributed by atoms with Crippen molar-refractivity contribution in [2.75, 3.05) is 0 Å². The Labute approximate surface area is 67.6 Å². The van der Waals surface area contributed by atoms with Crippen molar-refractivity contribution in [1.82, 2.24) is 0 Å². The molecule has 0 aromatic heterocycles. The quantitative estimate of drug-likeness (QED) is 0.537. The van der Waals surface area contributed by atoms with Crippen LogP contribution in [-0.2, 0) is 4.74 Å². The molecule has 0 aromatic carbocycles. The summed E-state index contributed by atoms with van der Waals surface area (Å²) in [7, 11) is 0. The van der Waals surface area contributed by atoms with Gasteiger partial charge >= 0.3 is 0 Å². The fraction of sp³-hybridized carbons (Fsp3) is 1.00. The molecule has 0 radical (unpaired) electrons. The van der Waals surface area contributed by atoms with E-state index in [0.717, 1.165) is 12.8 Å². The summed E-state index contributed by atoms with van der Waals surface area (Å²) in [6.45, 7) is 6.32. The molecule has 1 heterocycles. The summed E-state index contributed by atoms with van der Waals surface area (Å²) >= 11 is 0. The second-order valence-electron chi connectivity index (χ2n) is 4.69. The molecule has 1 aliphatic carbocycles. The van der Waals surface area contributed by atoms with E-state index < -0.39 is 0 Å². The summed E-state index contributed by atoms with van der Waals surface area (Å²) in [5.74, 6) is 0. The van der Waals surface area contributed by atoms with E-state index in [1.807, 2.05) is 0 Å². The zero-order valence-corrected chi connectivity index (χ0v) is 7.42. The molecule has 1 saturated heterocycles. The van der Waals surface area contributed by atoms with Crippen molar-refractivity contribution in [3.8, 4) is 0 Å². The monoisotopic (exact) mass is 156 g/mol. The first-order chi connectivity index (χ1) is 4.97. The summed E-state index contributed by atoms with van der Waals surface area (Å²) in [6, 6.07) is 0. The molecule has 2 heteroatoms. The fourth-order valence-corrected chi connectivity index (χ4v) is 2.33. The Kier molecular flexibility index (Phi) is 1.24. The molecule has 2 aliphatic rings. The van der Waals surface area contributed by atoms with Crippen molar-refractivity contribution in [3.63, 3.8) is 0 Å². The first-order valence-corrected chi connectivity index (χ1v) is 4.33. The predicted octanol–water partition coefficient (Wildman–Crippen LogP) is 1.32. The number of hydrogen-bond acceptors (Lipinski definition) is 2. The van der Waals surface area contributed by atoms with E-state index in [1.54, 1.807) is 0 Å². The van der Waals surface area contributed by atoms with Gasteiger partial charge in [0.2, 0.25) is 0 Å². The van der Waals surface area contributed by atoms with Crippen LogP contribution in [0, 0.1) is 5.41 Å². The average molecular weight is 156 g/mol. The number of ether oxygens (including phenoxy) is 1. The van der Waals surface area contributed by atoms with Crippen LogP contribution < -0.4 is 0 Å². The van der Waals surface area contributed by atoms with Gasteiger partial charge < -0.3 is 9.84 Å². The minimum Gasteiger partial charge on any atom is -0.392 e. The van der Waals surface area contributed by atoms with Gasteiger partial charge in [-0.1, -0.05) is 13.8 Å². The van der Waals surface area contributed by atoms with Crippen LogP contribution in [0.5, 0.6) is 0 Å². The minimum absolute atomic E-state index is 0.0347. The van der Waals surface area contributed by atoms with Crippen LogP contribution in [0.2, 0.25) is 0 Å². The zero-order valence-electron chi connectivity index (χ0n) is 7.42. The Hall–Kier alpha value is -0.0800. The Bertz CT molecular complexity index is 188. The third kappa shape index (κ3) is 0.859. The van der Waals surface area contributed by atoms with E-state index in [-0.39, 0.29) is 17.1 Å². The molecular weight excluding hydrogens is 140 g/mol. The van der Waals surface area contributed by atoms with Gasteiger partial charge in [0.05, 0.1) is 17.8 Å². The molecule has 1 unspecified atom stereocenters. The van der Waals surface area contributed by atoms with Crippen molar-refractivity contribution in [3.05, 3.63) is 0 Å². The molecule has 2 nitrogen and oxygen atoms in total. The first kappa shape index (κ1) is 7.56.